The third kappa shape index (κ3) is 3.80. The summed E-state index contributed by atoms with van der Waals surface area (Å²) in [5, 5.41) is 14.3. The Labute approximate surface area is 116 Å². The van der Waals surface area contributed by atoms with E-state index in [1.807, 2.05) is 17.5 Å². The van der Waals surface area contributed by atoms with Gasteiger partial charge in [-0.05, 0) is 11.4 Å². The van der Waals surface area contributed by atoms with Crippen LogP contribution in [-0.2, 0) is 4.79 Å². The summed E-state index contributed by atoms with van der Waals surface area (Å²) >= 11 is 2.56. The number of imide groups is 1. The van der Waals surface area contributed by atoms with Crippen molar-refractivity contribution in [2.75, 3.05) is 12.8 Å². The molecule has 2 rings (SSSR count). The molecule has 0 saturated heterocycles. The van der Waals surface area contributed by atoms with E-state index in [2.05, 4.69) is 20.8 Å². The number of thiophene rings is 1. The van der Waals surface area contributed by atoms with E-state index in [4.69, 9.17) is 4.42 Å². The molecule has 0 unspecified atom stereocenters. The highest BCUT2D eigenvalue weighted by atomic mass is 32.2. The Hall–Kier alpha value is -1.87. The lowest BCUT2D eigenvalue weighted by atomic mass is 10.5. The van der Waals surface area contributed by atoms with Crippen LogP contribution >= 0.6 is 23.1 Å². The molecule has 2 aromatic heterocycles. The molecule has 0 aliphatic carbocycles. The Balaban J connectivity index is 1.87. The molecule has 3 amide bonds. The molecular weight excluding hydrogens is 288 g/mol. The lowest BCUT2D eigenvalue weighted by molar-refractivity contribution is -0.117. The Morgan fingerprint density at radius 3 is 3.00 bits per heavy atom. The molecule has 7 nitrogen and oxygen atoms in total. The van der Waals surface area contributed by atoms with Crippen molar-refractivity contribution in [2.45, 2.75) is 5.22 Å². The molecule has 0 bridgehead atoms. The van der Waals surface area contributed by atoms with Gasteiger partial charge in [0, 0.05) is 7.05 Å². The maximum atomic E-state index is 11.3. The summed E-state index contributed by atoms with van der Waals surface area (Å²) in [4.78, 5) is 23.1. The maximum absolute atomic E-state index is 11.3. The van der Waals surface area contributed by atoms with Crippen molar-refractivity contribution in [3.05, 3.63) is 17.5 Å². The number of hydrogen-bond donors (Lipinski definition) is 2. The highest BCUT2D eigenvalue weighted by Crippen LogP contribution is 2.26. The molecule has 100 valence electrons. The first-order valence-electron chi connectivity index (χ1n) is 5.21. The van der Waals surface area contributed by atoms with E-state index in [0.29, 0.717) is 5.89 Å². The summed E-state index contributed by atoms with van der Waals surface area (Å²) in [5.74, 6) is 0.0175. The molecule has 0 aromatic carbocycles. The van der Waals surface area contributed by atoms with Gasteiger partial charge in [0.2, 0.25) is 5.91 Å². The van der Waals surface area contributed by atoms with Crippen molar-refractivity contribution in [2.24, 2.45) is 0 Å². The van der Waals surface area contributed by atoms with Crippen LogP contribution in [0.2, 0.25) is 0 Å². The molecule has 0 atom stereocenters. The summed E-state index contributed by atoms with van der Waals surface area (Å²) in [6.45, 7) is 0. The third-order valence-electron chi connectivity index (χ3n) is 1.95. The second kappa shape index (κ2) is 6.34. The zero-order valence-corrected chi connectivity index (χ0v) is 11.5. The van der Waals surface area contributed by atoms with Gasteiger partial charge in [-0.1, -0.05) is 17.8 Å². The van der Waals surface area contributed by atoms with Gasteiger partial charge in [0.1, 0.15) is 0 Å². The molecule has 2 aromatic rings. The normalized spacial score (nSPS) is 10.2. The topological polar surface area (TPSA) is 97.1 Å². The van der Waals surface area contributed by atoms with Crippen molar-refractivity contribution >= 4 is 35.0 Å². The minimum atomic E-state index is -0.546. The summed E-state index contributed by atoms with van der Waals surface area (Å²) in [7, 11) is 1.43. The summed E-state index contributed by atoms with van der Waals surface area (Å²) < 4.78 is 5.38. The standard InChI is InChI=1S/C10H10N4O3S2/c1-11-9(16)12-7(15)5-19-10-14-13-8(17-10)6-3-2-4-18-6/h2-4H,5H2,1H3,(H2,11,12,15,16). The van der Waals surface area contributed by atoms with Crippen molar-refractivity contribution in [1.29, 1.82) is 0 Å². The van der Waals surface area contributed by atoms with Crippen LogP contribution in [0.1, 0.15) is 0 Å². The molecular formula is C10H10N4O3S2. The summed E-state index contributed by atoms with van der Waals surface area (Å²) in [6, 6.07) is 3.20. The van der Waals surface area contributed by atoms with Gasteiger partial charge in [0.05, 0.1) is 10.6 Å². The second-order valence-electron chi connectivity index (χ2n) is 3.27. The summed E-state index contributed by atoms with van der Waals surface area (Å²) in [6.07, 6.45) is 0. The van der Waals surface area contributed by atoms with Crippen molar-refractivity contribution < 1.29 is 14.0 Å². The number of carbonyl (C=O) groups excluding carboxylic acids is 2. The van der Waals surface area contributed by atoms with Gasteiger partial charge < -0.3 is 9.73 Å². The van der Waals surface area contributed by atoms with E-state index in [1.165, 1.54) is 18.4 Å². The first kappa shape index (κ1) is 13.6. The Morgan fingerprint density at radius 2 is 2.32 bits per heavy atom. The minimum absolute atomic E-state index is 0.0273. The van der Waals surface area contributed by atoms with Gasteiger partial charge in [-0.25, -0.2) is 4.79 Å². The fourth-order valence-corrected chi connectivity index (χ4v) is 2.33. The molecule has 0 fully saturated rings. The van der Waals surface area contributed by atoms with E-state index in [9.17, 15) is 9.59 Å². The maximum Gasteiger partial charge on any atom is 0.321 e. The van der Waals surface area contributed by atoms with Crippen LogP contribution < -0.4 is 10.6 Å². The Kier molecular flexibility index (Phi) is 4.53. The first-order valence-corrected chi connectivity index (χ1v) is 7.07. The summed E-state index contributed by atoms with van der Waals surface area (Å²) in [5.41, 5.74) is 0. The van der Waals surface area contributed by atoms with Gasteiger partial charge in [0.15, 0.2) is 0 Å². The van der Waals surface area contributed by atoms with Crippen LogP contribution in [0.5, 0.6) is 0 Å². The lowest BCUT2D eigenvalue weighted by Gasteiger charge is -2.00. The molecule has 19 heavy (non-hydrogen) atoms. The molecule has 0 radical (unpaired) electrons. The van der Waals surface area contributed by atoms with Gasteiger partial charge in [-0.15, -0.1) is 21.5 Å². The molecule has 0 aliphatic heterocycles. The number of hydrogen-bond acceptors (Lipinski definition) is 7. The van der Waals surface area contributed by atoms with Crippen LogP contribution in [0.15, 0.2) is 27.2 Å². The highest BCUT2D eigenvalue weighted by Gasteiger charge is 2.12. The molecule has 0 spiro atoms. The minimum Gasteiger partial charge on any atom is -0.410 e. The first-order chi connectivity index (χ1) is 9.19. The molecule has 0 saturated carbocycles. The average molecular weight is 298 g/mol. The highest BCUT2D eigenvalue weighted by molar-refractivity contribution is 7.99. The quantitative estimate of drug-likeness (QED) is 0.827. The Bertz CT molecular complexity index is 567. The predicted octanol–water partition coefficient (Wildman–Crippen LogP) is 1.35. The van der Waals surface area contributed by atoms with Crippen LogP contribution in [0, 0.1) is 0 Å². The number of thioether (sulfide) groups is 1. The molecule has 9 heteroatoms. The Morgan fingerprint density at radius 1 is 1.47 bits per heavy atom. The zero-order valence-electron chi connectivity index (χ0n) is 9.87. The van der Waals surface area contributed by atoms with E-state index in [1.54, 1.807) is 0 Å². The van der Waals surface area contributed by atoms with E-state index in [-0.39, 0.29) is 11.0 Å². The van der Waals surface area contributed by atoms with E-state index >= 15 is 0 Å². The van der Waals surface area contributed by atoms with E-state index < -0.39 is 11.9 Å². The SMILES string of the molecule is CNC(=O)NC(=O)CSc1nnc(-c2cccs2)o1. The molecule has 0 aliphatic rings. The number of amides is 3. The monoisotopic (exact) mass is 298 g/mol. The smallest absolute Gasteiger partial charge is 0.321 e. The fourth-order valence-electron chi connectivity index (χ4n) is 1.12. The van der Waals surface area contributed by atoms with Gasteiger partial charge in [-0.3, -0.25) is 10.1 Å². The van der Waals surface area contributed by atoms with Gasteiger partial charge in [0.25, 0.3) is 11.1 Å². The van der Waals surface area contributed by atoms with E-state index in [0.717, 1.165) is 16.6 Å². The van der Waals surface area contributed by atoms with Gasteiger partial charge in [-0.2, -0.15) is 0 Å². The second-order valence-corrected chi connectivity index (χ2v) is 5.14. The fraction of sp³-hybridized carbons (Fsp3) is 0.200. The number of aromatic nitrogens is 2. The number of nitrogens with zero attached hydrogens (tertiary/aromatic N) is 2. The number of urea groups is 1. The third-order valence-corrected chi connectivity index (χ3v) is 3.62. The van der Waals surface area contributed by atoms with Crippen LogP contribution in [0.4, 0.5) is 4.79 Å². The van der Waals surface area contributed by atoms with Crippen molar-refractivity contribution in [3.8, 4) is 10.8 Å². The van der Waals surface area contributed by atoms with Gasteiger partial charge >= 0.3 is 6.03 Å². The lowest BCUT2D eigenvalue weighted by Crippen LogP contribution is -2.38. The van der Waals surface area contributed by atoms with Crippen LogP contribution in [0.25, 0.3) is 10.8 Å². The van der Waals surface area contributed by atoms with Crippen LogP contribution in [0.3, 0.4) is 0 Å². The van der Waals surface area contributed by atoms with Crippen molar-refractivity contribution in [1.82, 2.24) is 20.8 Å². The largest absolute Gasteiger partial charge is 0.410 e. The number of rotatable bonds is 4. The van der Waals surface area contributed by atoms with Crippen molar-refractivity contribution in [3.63, 3.8) is 0 Å². The zero-order chi connectivity index (χ0) is 13.7. The van der Waals surface area contributed by atoms with Crippen LogP contribution in [-0.4, -0.2) is 34.9 Å². The molecule has 2 heterocycles. The number of nitrogens with one attached hydrogen (secondary N) is 2. The molecule has 2 N–H and O–H groups in total. The average Bonchev–Trinajstić information content (AvgIpc) is 3.06. The number of carbonyl (C=O) groups is 2. The predicted molar refractivity (Wildman–Crippen MR) is 70.9 cm³/mol.